The smallest absolute Gasteiger partial charge is 0.306 e. The van der Waals surface area contributed by atoms with Gasteiger partial charge in [0.15, 0.2) is 0 Å². The molecule has 0 N–H and O–H groups in total. The minimum absolute atomic E-state index is 0.0157. The first-order valence-corrected chi connectivity index (χ1v) is 10.2. The molecular formula is C24H24N2O4. The molecule has 1 aliphatic carbocycles. The van der Waals surface area contributed by atoms with Crippen LogP contribution in [0.25, 0.3) is 11.1 Å². The number of aryl methyl sites for hydroxylation is 1. The topological polar surface area (TPSA) is 62.6 Å². The van der Waals surface area contributed by atoms with Gasteiger partial charge in [0.25, 0.3) is 0 Å². The second-order valence-electron chi connectivity index (χ2n) is 7.91. The Balaban J connectivity index is 1.36. The number of methoxy groups -OCH3 is 1. The zero-order chi connectivity index (χ0) is 20.7. The molecule has 30 heavy (non-hydrogen) atoms. The number of nitrogens with zero attached hydrogens (tertiary/aromatic N) is 2. The molecule has 0 saturated carbocycles. The van der Waals surface area contributed by atoms with E-state index in [1.807, 2.05) is 42.3 Å². The van der Waals surface area contributed by atoms with Crippen LogP contribution in [0.5, 0.6) is 11.5 Å². The first-order chi connectivity index (χ1) is 14.6. The Labute approximate surface area is 175 Å². The highest BCUT2D eigenvalue weighted by Gasteiger charge is 2.29. The minimum Gasteiger partial charge on any atom is -0.492 e. The van der Waals surface area contributed by atoms with E-state index in [9.17, 15) is 4.79 Å². The second-order valence-corrected chi connectivity index (χ2v) is 7.91. The van der Waals surface area contributed by atoms with Crippen molar-refractivity contribution in [2.75, 3.05) is 13.7 Å². The van der Waals surface area contributed by atoms with Gasteiger partial charge in [0.1, 0.15) is 17.6 Å². The van der Waals surface area contributed by atoms with E-state index in [1.54, 1.807) is 0 Å². The van der Waals surface area contributed by atoms with Crippen molar-refractivity contribution in [2.45, 2.75) is 31.3 Å². The van der Waals surface area contributed by atoms with E-state index >= 15 is 0 Å². The predicted octanol–water partition coefficient (Wildman–Crippen LogP) is 4.19. The van der Waals surface area contributed by atoms with Gasteiger partial charge in [-0.05, 0) is 35.6 Å². The fourth-order valence-corrected chi connectivity index (χ4v) is 4.52. The third-order valence-electron chi connectivity index (χ3n) is 6.02. The summed E-state index contributed by atoms with van der Waals surface area (Å²) < 4.78 is 18.8. The van der Waals surface area contributed by atoms with Crippen LogP contribution in [0.4, 0.5) is 0 Å². The standard InChI is InChI=1S/C24H24N2O4/c1-26-13-16(12-25-26)18-4-3-5-21-20(18)8-9-22(21)30-17-6-7-19-15(10-24(27)28-2)14-29-23(19)11-17/h3-7,11-13,15,22H,8-10,14H2,1-2H3/t15?,22-/m1/s1. The lowest BCUT2D eigenvalue weighted by atomic mass is 9.98. The van der Waals surface area contributed by atoms with Crippen LogP contribution < -0.4 is 9.47 Å². The Hall–Kier alpha value is -3.28. The Bertz CT molecular complexity index is 1100. The summed E-state index contributed by atoms with van der Waals surface area (Å²) in [5.74, 6) is 1.40. The largest absolute Gasteiger partial charge is 0.492 e. The summed E-state index contributed by atoms with van der Waals surface area (Å²) in [5.41, 5.74) is 5.98. The number of fused-ring (bicyclic) bond motifs is 2. The molecule has 0 fully saturated rings. The van der Waals surface area contributed by atoms with Crippen molar-refractivity contribution in [1.82, 2.24) is 9.78 Å². The molecule has 0 radical (unpaired) electrons. The van der Waals surface area contributed by atoms with Crippen LogP contribution >= 0.6 is 0 Å². The number of carbonyl (C=O) groups is 1. The van der Waals surface area contributed by atoms with Gasteiger partial charge in [0, 0.05) is 36.4 Å². The van der Waals surface area contributed by atoms with Crippen LogP contribution in [-0.2, 0) is 23.0 Å². The molecule has 2 aromatic carbocycles. The van der Waals surface area contributed by atoms with E-state index in [4.69, 9.17) is 14.2 Å². The van der Waals surface area contributed by atoms with Crippen molar-refractivity contribution in [3.05, 3.63) is 65.5 Å². The summed E-state index contributed by atoms with van der Waals surface area (Å²) in [5, 5.41) is 4.31. The van der Waals surface area contributed by atoms with Gasteiger partial charge in [-0.2, -0.15) is 5.10 Å². The summed E-state index contributed by atoms with van der Waals surface area (Å²) in [4.78, 5) is 11.6. The van der Waals surface area contributed by atoms with E-state index in [1.165, 1.54) is 23.8 Å². The lowest BCUT2D eigenvalue weighted by Crippen LogP contribution is -2.09. The zero-order valence-electron chi connectivity index (χ0n) is 17.1. The fraction of sp³-hybridized carbons (Fsp3) is 0.333. The van der Waals surface area contributed by atoms with Crippen LogP contribution in [0, 0.1) is 0 Å². The number of ether oxygens (including phenoxy) is 3. The molecule has 2 heterocycles. The molecule has 6 heteroatoms. The summed E-state index contributed by atoms with van der Waals surface area (Å²) in [6.45, 7) is 0.495. The highest BCUT2D eigenvalue weighted by atomic mass is 16.5. The number of rotatable bonds is 5. The lowest BCUT2D eigenvalue weighted by molar-refractivity contribution is -0.141. The van der Waals surface area contributed by atoms with Crippen LogP contribution in [0.1, 0.15) is 41.6 Å². The minimum atomic E-state index is -0.219. The van der Waals surface area contributed by atoms with Crippen molar-refractivity contribution in [1.29, 1.82) is 0 Å². The summed E-state index contributed by atoms with van der Waals surface area (Å²) >= 11 is 0. The van der Waals surface area contributed by atoms with Gasteiger partial charge in [0.05, 0.1) is 26.3 Å². The van der Waals surface area contributed by atoms with Gasteiger partial charge < -0.3 is 14.2 Å². The molecule has 0 saturated heterocycles. The van der Waals surface area contributed by atoms with Crippen molar-refractivity contribution in [3.63, 3.8) is 0 Å². The van der Waals surface area contributed by atoms with Crippen molar-refractivity contribution in [3.8, 4) is 22.6 Å². The Morgan fingerprint density at radius 2 is 2.17 bits per heavy atom. The molecule has 3 aromatic rings. The van der Waals surface area contributed by atoms with E-state index in [-0.39, 0.29) is 18.0 Å². The number of hydrogen-bond acceptors (Lipinski definition) is 5. The maximum Gasteiger partial charge on any atom is 0.306 e. The average molecular weight is 404 g/mol. The van der Waals surface area contributed by atoms with E-state index < -0.39 is 0 Å². The first-order valence-electron chi connectivity index (χ1n) is 10.2. The van der Waals surface area contributed by atoms with Crippen molar-refractivity contribution >= 4 is 5.97 Å². The lowest BCUT2D eigenvalue weighted by Gasteiger charge is -2.16. The van der Waals surface area contributed by atoms with Gasteiger partial charge in [-0.3, -0.25) is 9.48 Å². The molecule has 6 nitrogen and oxygen atoms in total. The molecule has 5 rings (SSSR count). The first kappa shape index (κ1) is 18.7. The maximum atomic E-state index is 11.6. The van der Waals surface area contributed by atoms with Gasteiger partial charge in [0.2, 0.25) is 0 Å². The van der Waals surface area contributed by atoms with Crippen molar-refractivity contribution in [2.24, 2.45) is 7.05 Å². The molecule has 2 atom stereocenters. The van der Waals surface area contributed by atoms with E-state index in [0.29, 0.717) is 13.0 Å². The van der Waals surface area contributed by atoms with Crippen LogP contribution in [-0.4, -0.2) is 29.5 Å². The molecular weight excluding hydrogens is 380 g/mol. The zero-order valence-corrected chi connectivity index (χ0v) is 17.1. The quantitative estimate of drug-likeness (QED) is 0.597. The Morgan fingerprint density at radius 3 is 2.97 bits per heavy atom. The van der Waals surface area contributed by atoms with Crippen molar-refractivity contribution < 1.29 is 19.0 Å². The Kier molecular flexibility index (Phi) is 4.69. The van der Waals surface area contributed by atoms with Crippen LogP contribution in [0.3, 0.4) is 0 Å². The third-order valence-corrected chi connectivity index (χ3v) is 6.02. The summed E-state index contributed by atoms with van der Waals surface area (Å²) in [6.07, 6.45) is 6.22. The molecule has 1 aromatic heterocycles. The number of aromatic nitrogens is 2. The highest BCUT2D eigenvalue weighted by Crippen LogP contribution is 2.42. The normalized spacial score (nSPS) is 19.1. The average Bonchev–Trinajstić information content (AvgIpc) is 3.47. The monoisotopic (exact) mass is 404 g/mol. The summed E-state index contributed by atoms with van der Waals surface area (Å²) in [6, 6.07) is 12.3. The molecule has 0 bridgehead atoms. The number of esters is 1. The van der Waals surface area contributed by atoms with Crippen LogP contribution in [0.2, 0.25) is 0 Å². The Morgan fingerprint density at radius 1 is 1.27 bits per heavy atom. The second kappa shape index (κ2) is 7.52. The predicted molar refractivity (Wildman–Crippen MR) is 112 cm³/mol. The fourth-order valence-electron chi connectivity index (χ4n) is 4.52. The van der Waals surface area contributed by atoms with Gasteiger partial charge >= 0.3 is 5.97 Å². The molecule has 2 aliphatic rings. The molecule has 154 valence electrons. The van der Waals surface area contributed by atoms with E-state index in [2.05, 4.69) is 23.3 Å². The molecule has 0 amide bonds. The van der Waals surface area contributed by atoms with Crippen LogP contribution in [0.15, 0.2) is 48.8 Å². The molecule has 1 unspecified atom stereocenters. The number of hydrogen-bond donors (Lipinski definition) is 0. The molecule has 0 spiro atoms. The number of benzene rings is 2. The molecule has 1 aliphatic heterocycles. The van der Waals surface area contributed by atoms with Gasteiger partial charge in [-0.15, -0.1) is 0 Å². The highest BCUT2D eigenvalue weighted by molar-refractivity contribution is 5.71. The van der Waals surface area contributed by atoms with Gasteiger partial charge in [-0.1, -0.05) is 24.3 Å². The van der Waals surface area contributed by atoms with E-state index in [0.717, 1.165) is 35.5 Å². The SMILES string of the molecule is COC(=O)CC1COc2cc(O[C@@H]3CCc4c(-c5cnn(C)c5)cccc43)ccc21. The third kappa shape index (κ3) is 3.32. The maximum absolute atomic E-state index is 11.6. The summed E-state index contributed by atoms with van der Waals surface area (Å²) in [7, 11) is 3.35. The van der Waals surface area contributed by atoms with Gasteiger partial charge in [-0.25, -0.2) is 0 Å². The number of carbonyl (C=O) groups excluding carboxylic acids is 1.